The molecule has 0 aromatic carbocycles. The molecule has 0 heterocycles. The van der Waals surface area contributed by atoms with Crippen LogP contribution < -0.4 is 11.1 Å². The van der Waals surface area contributed by atoms with Crippen molar-refractivity contribution >= 4 is 5.91 Å². The zero-order valence-electron chi connectivity index (χ0n) is 12.5. The molecule has 2 fully saturated rings. The van der Waals surface area contributed by atoms with Crippen LogP contribution in [0.25, 0.3) is 0 Å². The van der Waals surface area contributed by atoms with E-state index in [1.54, 1.807) is 0 Å². The minimum absolute atomic E-state index is 0.221. The van der Waals surface area contributed by atoms with Gasteiger partial charge in [0.05, 0.1) is 5.41 Å². The van der Waals surface area contributed by atoms with Gasteiger partial charge in [0.15, 0.2) is 0 Å². The summed E-state index contributed by atoms with van der Waals surface area (Å²) in [6.07, 6.45) is 4.01. The number of amides is 1. The Hall–Kier alpha value is -0.570. The molecular weight excluding hydrogens is 224 g/mol. The lowest BCUT2D eigenvalue weighted by molar-refractivity contribution is -0.126. The van der Waals surface area contributed by atoms with Gasteiger partial charge in [-0.2, -0.15) is 0 Å². The van der Waals surface area contributed by atoms with Crippen LogP contribution in [0.15, 0.2) is 0 Å². The molecule has 2 saturated carbocycles. The summed E-state index contributed by atoms with van der Waals surface area (Å²) < 4.78 is 0. The third-order valence-corrected chi connectivity index (χ3v) is 5.68. The van der Waals surface area contributed by atoms with Crippen LogP contribution in [0.1, 0.15) is 53.9 Å². The molecule has 0 radical (unpaired) electrons. The summed E-state index contributed by atoms with van der Waals surface area (Å²) in [6.45, 7) is 11.7. The summed E-state index contributed by atoms with van der Waals surface area (Å²) in [5.74, 6) is 0.609. The highest BCUT2D eigenvalue weighted by Gasteiger charge is 2.59. The van der Waals surface area contributed by atoms with E-state index in [0.717, 1.165) is 5.92 Å². The minimum Gasteiger partial charge on any atom is -0.369 e. The quantitative estimate of drug-likeness (QED) is 0.806. The summed E-state index contributed by atoms with van der Waals surface area (Å²) in [7, 11) is 0. The number of primary amides is 1. The fourth-order valence-electron chi connectivity index (χ4n) is 4.26. The standard InChI is InChI=1S/C15H28N2O/c1-13(2,12(16)18)9-17-11-14(3,4)10-6-7-15(11,5)8-10/h10-11,17H,6-9H2,1-5H3,(H2,16,18). The molecule has 3 nitrogen and oxygen atoms in total. The van der Waals surface area contributed by atoms with Gasteiger partial charge in [-0.25, -0.2) is 0 Å². The molecular formula is C15H28N2O. The molecule has 1 amide bonds. The molecule has 2 aliphatic carbocycles. The van der Waals surface area contributed by atoms with Gasteiger partial charge in [-0.1, -0.05) is 20.8 Å². The molecule has 3 atom stereocenters. The minimum atomic E-state index is -0.464. The van der Waals surface area contributed by atoms with Crippen LogP contribution in [0, 0.1) is 22.2 Å². The van der Waals surface area contributed by atoms with Crippen LogP contribution in [-0.4, -0.2) is 18.5 Å². The maximum atomic E-state index is 11.4. The topological polar surface area (TPSA) is 55.1 Å². The first-order valence-corrected chi connectivity index (χ1v) is 7.13. The van der Waals surface area contributed by atoms with E-state index in [0.29, 0.717) is 23.4 Å². The number of carbonyl (C=O) groups excluding carboxylic acids is 1. The van der Waals surface area contributed by atoms with Crippen LogP contribution in [0.4, 0.5) is 0 Å². The number of nitrogens with one attached hydrogen (secondary N) is 1. The zero-order chi connectivity index (χ0) is 13.8. The fraction of sp³-hybridized carbons (Fsp3) is 0.933. The summed E-state index contributed by atoms with van der Waals surface area (Å²) in [5.41, 5.74) is 5.73. The normalized spacial score (nSPS) is 38.1. The summed E-state index contributed by atoms with van der Waals surface area (Å²) in [5, 5.41) is 3.66. The predicted octanol–water partition coefficient (Wildman–Crippen LogP) is 2.30. The van der Waals surface area contributed by atoms with E-state index in [9.17, 15) is 4.79 Å². The molecule has 18 heavy (non-hydrogen) atoms. The molecule has 0 aromatic heterocycles. The molecule has 3 N–H and O–H groups in total. The van der Waals surface area contributed by atoms with E-state index in [-0.39, 0.29) is 5.91 Å². The van der Waals surface area contributed by atoms with Crippen LogP contribution in [-0.2, 0) is 4.79 Å². The summed E-state index contributed by atoms with van der Waals surface area (Å²) in [4.78, 5) is 11.4. The molecule has 0 saturated heterocycles. The number of nitrogens with two attached hydrogens (primary N) is 1. The van der Waals surface area contributed by atoms with Gasteiger partial charge in [-0.3, -0.25) is 4.79 Å². The highest BCUT2D eigenvalue weighted by atomic mass is 16.1. The molecule has 0 aromatic rings. The lowest BCUT2D eigenvalue weighted by atomic mass is 9.68. The molecule has 3 heteroatoms. The largest absolute Gasteiger partial charge is 0.369 e. The maximum absolute atomic E-state index is 11.4. The van der Waals surface area contributed by atoms with E-state index in [1.165, 1.54) is 19.3 Å². The van der Waals surface area contributed by atoms with Crippen molar-refractivity contribution in [2.24, 2.45) is 27.9 Å². The average molecular weight is 252 g/mol. The smallest absolute Gasteiger partial charge is 0.224 e. The number of carbonyl (C=O) groups is 1. The Kier molecular flexibility index (Phi) is 3.05. The van der Waals surface area contributed by atoms with E-state index < -0.39 is 5.41 Å². The Labute approximate surface area is 111 Å². The van der Waals surface area contributed by atoms with Crippen molar-refractivity contribution in [2.45, 2.75) is 59.9 Å². The second-order valence-electron chi connectivity index (χ2n) is 7.98. The Bertz CT molecular complexity index is 357. The van der Waals surface area contributed by atoms with Crippen LogP contribution in [0.5, 0.6) is 0 Å². The molecule has 2 aliphatic rings. The Morgan fingerprint density at radius 2 is 2.00 bits per heavy atom. The first-order chi connectivity index (χ1) is 8.09. The van der Waals surface area contributed by atoms with Gasteiger partial charge >= 0.3 is 0 Å². The fourth-order valence-corrected chi connectivity index (χ4v) is 4.26. The van der Waals surface area contributed by atoms with Crippen molar-refractivity contribution in [1.29, 1.82) is 0 Å². The molecule has 104 valence electrons. The SMILES string of the molecule is CC(C)(CNC1C2(C)CCC(C2)C1(C)C)C(N)=O. The van der Waals surface area contributed by atoms with Crippen molar-refractivity contribution in [3.8, 4) is 0 Å². The Morgan fingerprint density at radius 1 is 1.39 bits per heavy atom. The van der Waals surface area contributed by atoms with Crippen molar-refractivity contribution in [3.05, 3.63) is 0 Å². The first-order valence-electron chi connectivity index (χ1n) is 7.13. The third kappa shape index (κ3) is 1.97. The second kappa shape index (κ2) is 3.96. The highest BCUT2D eigenvalue weighted by Crippen LogP contribution is 2.62. The second-order valence-corrected chi connectivity index (χ2v) is 7.98. The van der Waals surface area contributed by atoms with Gasteiger partial charge in [0.1, 0.15) is 0 Å². The predicted molar refractivity (Wildman–Crippen MR) is 74.0 cm³/mol. The maximum Gasteiger partial charge on any atom is 0.224 e. The molecule has 2 bridgehead atoms. The number of fused-ring (bicyclic) bond motifs is 2. The number of rotatable bonds is 4. The van der Waals surface area contributed by atoms with Gasteiger partial charge in [0.2, 0.25) is 5.91 Å². The number of hydrogen-bond acceptors (Lipinski definition) is 2. The van der Waals surface area contributed by atoms with Gasteiger partial charge < -0.3 is 11.1 Å². The van der Waals surface area contributed by atoms with Gasteiger partial charge in [-0.05, 0) is 49.9 Å². The van der Waals surface area contributed by atoms with E-state index in [4.69, 9.17) is 5.73 Å². The summed E-state index contributed by atoms with van der Waals surface area (Å²) in [6, 6.07) is 0.502. The van der Waals surface area contributed by atoms with Crippen LogP contribution in [0.2, 0.25) is 0 Å². The highest BCUT2D eigenvalue weighted by molar-refractivity contribution is 5.80. The molecule has 0 spiro atoms. The van der Waals surface area contributed by atoms with Crippen LogP contribution in [0.3, 0.4) is 0 Å². The summed E-state index contributed by atoms with van der Waals surface area (Å²) >= 11 is 0. The molecule has 2 rings (SSSR count). The first kappa shape index (κ1) is 13.9. The monoisotopic (exact) mass is 252 g/mol. The Balaban J connectivity index is 2.08. The van der Waals surface area contributed by atoms with E-state index >= 15 is 0 Å². The van der Waals surface area contributed by atoms with Gasteiger partial charge in [0, 0.05) is 12.6 Å². The van der Waals surface area contributed by atoms with E-state index in [2.05, 4.69) is 26.1 Å². The third-order valence-electron chi connectivity index (χ3n) is 5.68. The zero-order valence-corrected chi connectivity index (χ0v) is 12.5. The van der Waals surface area contributed by atoms with Crippen molar-refractivity contribution < 1.29 is 4.79 Å². The lowest BCUT2D eigenvalue weighted by Crippen LogP contribution is -2.54. The molecule has 3 unspecified atom stereocenters. The van der Waals surface area contributed by atoms with E-state index in [1.807, 2.05) is 13.8 Å². The van der Waals surface area contributed by atoms with Crippen molar-refractivity contribution in [1.82, 2.24) is 5.32 Å². The Morgan fingerprint density at radius 3 is 2.44 bits per heavy atom. The molecule has 0 aliphatic heterocycles. The number of hydrogen-bond donors (Lipinski definition) is 2. The average Bonchev–Trinajstić information content (AvgIpc) is 2.68. The van der Waals surface area contributed by atoms with Crippen molar-refractivity contribution in [2.75, 3.05) is 6.54 Å². The van der Waals surface area contributed by atoms with Gasteiger partial charge in [0.25, 0.3) is 0 Å². The van der Waals surface area contributed by atoms with Crippen LogP contribution >= 0.6 is 0 Å². The van der Waals surface area contributed by atoms with Gasteiger partial charge in [-0.15, -0.1) is 0 Å². The lowest BCUT2D eigenvalue weighted by Gasteiger charge is -2.44. The van der Waals surface area contributed by atoms with Crippen molar-refractivity contribution in [3.63, 3.8) is 0 Å².